The smallest absolute Gasteiger partial charge is 0.319 e. The molecule has 3 N–H and O–H groups in total. The van der Waals surface area contributed by atoms with Crippen LogP contribution in [0.3, 0.4) is 0 Å². The molecule has 1 fully saturated rings. The molecule has 7 nitrogen and oxygen atoms in total. The monoisotopic (exact) mass is 360 g/mol. The van der Waals surface area contributed by atoms with Crippen LogP contribution in [-0.4, -0.2) is 65.6 Å². The van der Waals surface area contributed by atoms with Gasteiger partial charge >= 0.3 is 6.03 Å². The number of carbonyl (C=O) groups excluding carboxylic acids is 1. The normalized spacial score (nSPS) is 17.8. The van der Waals surface area contributed by atoms with E-state index in [1.807, 2.05) is 24.4 Å². The minimum Gasteiger partial charge on any atom is -0.387 e. The SMILES string of the molecule is CCn1ccc2ccc(NC(=O)NC[C@@](C)(O)CN3CCOCC3)cc21. The summed E-state index contributed by atoms with van der Waals surface area (Å²) >= 11 is 0. The van der Waals surface area contributed by atoms with Crippen molar-refractivity contribution in [2.75, 3.05) is 44.7 Å². The van der Waals surface area contributed by atoms with Crippen molar-refractivity contribution in [3.8, 4) is 0 Å². The highest BCUT2D eigenvalue weighted by Gasteiger charge is 2.25. The number of nitrogens with zero attached hydrogens (tertiary/aromatic N) is 2. The predicted molar refractivity (Wildman–Crippen MR) is 103 cm³/mol. The van der Waals surface area contributed by atoms with Crippen molar-refractivity contribution in [3.05, 3.63) is 30.5 Å². The van der Waals surface area contributed by atoms with Crippen molar-refractivity contribution < 1.29 is 14.6 Å². The molecule has 0 unspecified atom stereocenters. The number of carbonyl (C=O) groups is 1. The zero-order chi connectivity index (χ0) is 18.6. The van der Waals surface area contributed by atoms with Crippen LogP contribution in [0, 0.1) is 0 Å². The van der Waals surface area contributed by atoms with Gasteiger partial charge in [-0.15, -0.1) is 0 Å². The minimum atomic E-state index is -0.991. The van der Waals surface area contributed by atoms with Gasteiger partial charge < -0.3 is 25.0 Å². The molecule has 0 radical (unpaired) electrons. The van der Waals surface area contributed by atoms with Gasteiger partial charge in [0.15, 0.2) is 0 Å². The van der Waals surface area contributed by atoms with Crippen LogP contribution in [0.4, 0.5) is 10.5 Å². The fourth-order valence-corrected chi connectivity index (χ4v) is 3.28. The highest BCUT2D eigenvalue weighted by Crippen LogP contribution is 2.20. The number of ether oxygens (including phenoxy) is 1. The molecule has 1 atom stereocenters. The number of anilines is 1. The van der Waals surface area contributed by atoms with Crippen LogP contribution in [0.2, 0.25) is 0 Å². The summed E-state index contributed by atoms with van der Waals surface area (Å²) in [6.45, 7) is 8.38. The molecule has 0 saturated carbocycles. The Kier molecular flexibility index (Phi) is 5.80. The van der Waals surface area contributed by atoms with Gasteiger partial charge in [-0.25, -0.2) is 4.79 Å². The molecule has 1 aromatic heterocycles. The number of nitrogens with one attached hydrogen (secondary N) is 2. The molecule has 2 aromatic rings. The van der Waals surface area contributed by atoms with Gasteiger partial charge in [-0.2, -0.15) is 0 Å². The lowest BCUT2D eigenvalue weighted by atomic mass is 10.1. The summed E-state index contributed by atoms with van der Waals surface area (Å²) in [5.74, 6) is 0. The molecule has 26 heavy (non-hydrogen) atoms. The number of urea groups is 1. The first-order valence-corrected chi connectivity index (χ1v) is 9.13. The van der Waals surface area contributed by atoms with Crippen molar-refractivity contribution in [2.45, 2.75) is 26.0 Å². The Hall–Kier alpha value is -2.09. The lowest BCUT2D eigenvalue weighted by molar-refractivity contribution is -0.0205. The molecule has 1 aliphatic rings. The predicted octanol–water partition coefficient (Wildman–Crippen LogP) is 1.87. The number of aliphatic hydroxyl groups is 1. The van der Waals surface area contributed by atoms with Gasteiger partial charge in [-0.05, 0) is 37.4 Å². The van der Waals surface area contributed by atoms with Gasteiger partial charge in [0.25, 0.3) is 0 Å². The van der Waals surface area contributed by atoms with Crippen molar-refractivity contribution in [1.82, 2.24) is 14.8 Å². The van der Waals surface area contributed by atoms with E-state index in [1.165, 1.54) is 0 Å². The molecule has 0 spiro atoms. The summed E-state index contributed by atoms with van der Waals surface area (Å²) in [4.78, 5) is 14.4. The number of hydrogen-bond donors (Lipinski definition) is 3. The summed E-state index contributed by atoms with van der Waals surface area (Å²) in [6, 6.07) is 7.58. The second kappa shape index (κ2) is 8.07. The molecule has 1 saturated heterocycles. The average Bonchev–Trinajstić information content (AvgIpc) is 3.03. The van der Waals surface area contributed by atoms with Crippen LogP contribution in [0.25, 0.3) is 10.9 Å². The molecular weight excluding hydrogens is 332 g/mol. The molecule has 7 heteroatoms. The Bertz CT molecular complexity index is 750. The summed E-state index contributed by atoms with van der Waals surface area (Å²) < 4.78 is 7.45. The highest BCUT2D eigenvalue weighted by molar-refractivity contribution is 5.92. The van der Waals surface area contributed by atoms with E-state index >= 15 is 0 Å². The number of rotatable bonds is 6. The van der Waals surface area contributed by atoms with Crippen LogP contribution in [0.15, 0.2) is 30.5 Å². The largest absolute Gasteiger partial charge is 0.387 e. The van der Waals surface area contributed by atoms with Gasteiger partial charge in [0.2, 0.25) is 0 Å². The number of benzene rings is 1. The molecule has 0 aliphatic carbocycles. The van der Waals surface area contributed by atoms with Gasteiger partial charge in [0, 0.05) is 44.6 Å². The number of hydrogen-bond acceptors (Lipinski definition) is 4. The quantitative estimate of drug-likeness (QED) is 0.735. The second-order valence-electron chi connectivity index (χ2n) is 7.07. The van der Waals surface area contributed by atoms with E-state index in [9.17, 15) is 9.90 Å². The molecule has 142 valence electrons. The van der Waals surface area contributed by atoms with Gasteiger partial charge in [0.1, 0.15) is 0 Å². The number of morpholine rings is 1. The van der Waals surface area contributed by atoms with E-state index in [0.29, 0.717) is 19.8 Å². The molecule has 2 amide bonds. The third-order valence-corrected chi connectivity index (χ3v) is 4.67. The second-order valence-corrected chi connectivity index (χ2v) is 7.07. The topological polar surface area (TPSA) is 78.8 Å². The first-order chi connectivity index (χ1) is 12.5. The van der Waals surface area contributed by atoms with E-state index in [-0.39, 0.29) is 12.6 Å². The van der Waals surface area contributed by atoms with E-state index in [4.69, 9.17) is 4.74 Å². The number of amides is 2. The van der Waals surface area contributed by atoms with E-state index in [0.717, 1.165) is 36.2 Å². The fraction of sp³-hybridized carbons (Fsp3) is 0.526. The summed E-state index contributed by atoms with van der Waals surface area (Å²) in [7, 11) is 0. The molecule has 1 aromatic carbocycles. The Morgan fingerprint density at radius 2 is 2.08 bits per heavy atom. The van der Waals surface area contributed by atoms with Crippen molar-refractivity contribution in [3.63, 3.8) is 0 Å². The zero-order valence-corrected chi connectivity index (χ0v) is 15.5. The molecule has 1 aliphatic heterocycles. The summed E-state index contributed by atoms with van der Waals surface area (Å²) in [6.07, 6.45) is 2.04. The number of fused-ring (bicyclic) bond motifs is 1. The summed E-state index contributed by atoms with van der Waals surface area (Å²) in [5, 5.41) is 17.3. The van der Waals surface area contributed by atoms with Gasteiger partial charge in [0.05, 0.1) is 24.3 Å². The molecule has 0 bridgehead atoms. The van der Waals surface area contributed by atoms with Crippen molar-refractivity contribution in [1.29, 1.82) is 0 Å². The number of β-amino-alcohol motifs (C(OH)–C–C–N with tert-alkyl or cyclic N) is 1. The van der Waals surface area contributed by atoms with E-state index < -0.39 is 5.60 Å². The van der Waals surface area contributed by atoms with Crippen LogP contribution in [0.1, 0.15) is 13.8 Å². The van der Waals surface area contributed by atoms with Crippen molar-refractivity contribution in [2.24, 2.45) is 0 Å². The van der Waals surface area contributed by atoms with Crippen molar-refractivity contribution >= 4 is 22.6 Å². The fourth-order valence-electron chi connectivity index (χ4n) is 3.28. The Morgan fingerprint density at radius 3 is 2.81 bits per heavy atom. The number of aromatic nitrogens is 1. The van der Waals surface area contributed by atoms with Crippen LogP contribution >= 0.6 is 0 Å². The zero-order valence-electron chi connectivity index (χ0n) is 15.5. The highest BCUT2D eigenvalue weighted by atomic mass is 16.5. The maximum atomic E-state index is 12.2. The van der Waals surface area contributed by atoms with Gasteiger partial charge in [-0.3, -0.25) is 4.90 Å². The Balaban J connectivity index is 1.53. The molecule has 2 heterocycles. The molecule has 3 rings (SSSR count). The lowest BCUT2D eigenvalue weighted by Crippen LogP contribution is -2.51. The van der Waals surface area contributed by atoms with E-state index in [2.05, 4.69) is 33.1 Å². The average molecular weight is 360 g/mol. The van der Waals surface area contributed by atoms with Crippen LogP contribution in [-0.2, 0) is 11.3 Å². The molecular formula is C19H28N4O3. The Labute approximate surface area is 153 Å². The maximum absolute atomic E-state index is 12.2. The van der Waals surface area contributed by atoms with Crippen LogP contribution < -0.4 is 10.6 Å². The lowest BCUT2D eigenvalue weighted by Gasteiger charge is -2.33. The maximum Gasteiger partial charge on any atom is 0.319 e. The van der Waals surface area contributed by atoms with Crippen LogP contribution in [0.5, 0.6) is 0 Å². The first-order valence-electron chi connectivity index (χ1n) is 9.13. The summed E-state index contributed by atoms with van der Waals surface area (Å²) in [5.41, 5.74) is 0.830. The van der Waals surface area contributed by atoms with Gasteiger partial charge in [-0.1, -0.05) is 6.07 Å². The Morgan fingerprint density at radius 1 is 1.31 bits per heavy atom. The van der Waals surface area contributed by atoms with E-state index in [1.54, 1.807) is 6.92 Å². The standard InChI is InChI=1S/C19H28N4O3/c1-3-23-7-6-15-4-5-16(12-17(15)23)21-18(24)20-13-19(2,25)14-22-8-10-26-11-9-22/h4-7,12,25H,3,8-11,13-14H2,1-2H3,(H2,20,21,24)/t19-/m1/s1. The number of aryl methyl sites for hydroxylation is 1. The third kappa shape index (κ3) is 4.75. The first kappa shape index (κ1) is 18.7. The third-order valence-electron chi connectivity index (χ3n) is 4.67. The minimum absolute atomic E-state index is 0.184.